The Morgan fingerprint density at radius 2 is 2.29 bits per heavy atom. The summed E-state index contributed by atoms with van der Waals surface area (Å²) < 4.78 is 5.02. The van der Waals surface area contributed by atoms with E-state index in [0.717, 1.165) is 11.5 Å². The van der Waals surface area contributed by atoms with E-state index in [1.165, 1.54) is 19.3 Å². The van der Waals surface area contributed by atoms with E-state index in [1.54, 1.807) is 13.2 Å². The van der Waals surface area contributed by atoms with Gasteiger partial charge in [0.2, 0.25) is 0 Å². The van der Waals surface area contributed by atoms with Gasteiger partial charge in [0.15, 0.2) is 0 Å². The minimum Gasteiger partial charge on any atom is -0.378 e. The van der Waals surface area contributed by atoms with Gasteiger partial charge in [-0.25, -0.2) is 9.97 Å². The summed E-state index contributed by atoms with van der Waals surface area (Å²) >= 11 is 5.90. The fraction of sp³-hybridized carbons (Fsp3) is 0.600. The lowest BCUT2D eigenvalue weighted by Gasteiger charge is -2.23. The lowest BCUT2D eigenvalue weighted by atomic mass is 9.85. The molecule has 14 heavy (non-hydrogen) atoms. The highest BCUT2D eigenvalue weighted by molar-refractivity contribution is 6.29. The summed E-state index contributed by atoms with van der Waals surface area (Å²) in [5, 5.41) is 0.522. The first kappa shape index (κ1) is 9.87. The Hall–Kier alpha value is -0.670. The second-order valence-corrected chi connectivity index (χ2v) is 3.99. The Bertz CT molecular complexity index is 326. The lowest BCUT2D eigenvalue weighted by molar-refractivity contribution is 0.181. The van der Waals surface area contributed by atoms with E-state index in [-0.39, 0.29) is 0 Å². The summed E-state index contributed by atoms with van der Waals surface area (Å²) in [5.41, 5.74) is 0.870. The first-order valence-corrected chi connectivity index (χ1v) is 5.19. The van der Waals surface area contributed by atoms with Crippen molar-refractivity contribution >= 4 is 11.6 Å². The molecule has 4 heteroatoms. The molecule has 1 aliphatic rings. The number of hydrogen-bond donors (Lipinski definition) is 0. The van der Waals surface area contributed by atoms with Crippen molar-refractivity contribution < 1.29 is 4.74 Å². The van der Waals surface area contributed by atoms with Crippen LogP contribution in [0.4, 0.5) is 0 Å². The van der Waals surface area contributed by atoms with Crippen LogP contribution in [-0.2, 0) is 11.3 Å². The van der Waals surface area contributed by atoms with Crippen molar-refractivity contribution in [3.63, 3.8) is 0 Å². The SMILES string of the molecule is COCc1cc(Cl)nc(C2CCC2)n1. The molecule has 0 spiro atoms. The second-order valence-electron chi connectivity index (χ2n) is 3.60. The Labute approximate surface area is 88.5 Å². The summed E-state index contributed by atoms with van der Waals surface area (Å²) in [6.07, 6.45) is 3.65. The van der Waals surface area contributed by atoms with Gasteiger partial charge in [0.1, 0.15) is 11.0 Å². The Morgan fingerprint density at radius 1 is 1.50 bits per heavy atom. The number of nitrogens with zero attached hydrogens (tertiary/aromatic N) is 2. The standard InChI is InChI=1S/C10H13ClN2O/c1-14-6-8-5-9(11)13-10(12-8)7-3-2-4-7/h5,7H,2-4,6H2,1H3. The molecule has 0 bridgehead atoms. The Balaban J connectivity index is 2.21. The molecule has 0 radical (unpaired) electrons. The van der Waals surface area contributed by atoms with Crippen LogP contribution >= 0.6 is 11.6 Å². The summed E-state index contributed by atoms with van der Waals surface area (Å²) in [6.45, 7) is 0.502. The molecule has 2 rings (SSSR count). The molecule has 0 aromatic carbocycles. The fourth-order valence-electron chi connectivity index (χ4n) is 1.55. The monoisotopic (exact) mass is 212 g/mol. The zero-order valence-electron chi connectivity index (χ0n) is 8.16. The smallest absolute Gasteiger partial charge is 0.133 e. The molecule has 1 heterocycles. The van der Waals surface area contributed by atoms with Gasteiger partial charge in [-0.15, -0.1) is 0 Å². The molecule has 0 aliphatic heterocycles. The Kier molecular flexibility index (Phi) is 2.99. The highest BCUT2D eigenvalue weighted by Crippen LogP contribution is 2.34. The molecule has 0 unspecified atom stereocenters. The summed E-state index contributed by atoms with van der Waals surface area (Å²) in [6, 6.07) is 1.76. The topological polar surface area (TPSA) is 35.0 Å². The molecule has 0 atom stereocenters. The van der Waals surface area contributed by atoms with Crippen LogP contribution in [0, 0.1) is 0 Å². The van der Waals surface area contributed by atoms with Crippen LogP contribution in [0.25, 0.3) is 0 Å². The number of rotatable bonds is 3. The average molecular weight is 213 g/mol. The van der Waals surface area contributed by atoms with E-state index in [4.69, 9.17) is 16.3 Å². The van der Waals surface area contributed by atoms with Crippen LogP contribution in [0.15, 0.2) is 6.07 Å². The van der Waals surface area contributed by atoms with E-state index < -0.39 is 0 Å². The molecule has 0 N–H and O–H groups in total. The molecule has 0 amide bonds. The first-order valence-electron chi connectivity index (χ1n) is 4.82. The molecule has 76 valence electrons. The summed E-state index contributed by atoms with van der Waals surface area (Å²) in [4.78, 5) is 8.66. The number of methoxy groups -OCH3 is 1. The minimum absolute atomic E-state index is 0.502. The van der Waals surface area contributed by atoms with E-state index in [1.807, 2.05) is 0 Å². The third-order valence-corrected chi connectivity index (χ3v) is 2.72. The maximum atomic E-state index is 5.90. The quantitative estimate of drug-likeness (QED) is 0.723. The molecule has 1 aliphatic carbocycles. The predicted molar refractivity (Wildman–Crippen MR) is 54.3 cm³/mol. The normalized spacial score (nSPS) is 16.7. The highest BCUT2D eigenvalue weighted by Gasteiger charge is 2.22. The molecule has 1 aromatic heterocycles. The van der Waals surface area contributed by atoms with Crippen LogP contribution in [0.1, 0.15) is 36.7 Å². The largest absolute Gasteiger partial charge is 0.378 e. The molecule has 1 saturated carbocycles. The van der Waals surface area contributed by atoms with Gasteiger partial charge in [-0.3, -0.25) is 0 Å². The van der Waals surface area contributed by atoms with Crippen LogP contribution < -0.4 is 0 Å². The fourth-order valence-corrected chi connectivity index (χ4v) is 1.77. The molecule has 1 fully saturated rings. The molecule has 1 aromatic rings. The molecule has 0 saturated heterocycles. The van der Waals surface area contributed by atoms with Crippen molar-refractivity contribution in [2.75, 3.05) is 7.11 Å². The van der Waals surface area contributed by atoms with Gasteiger partial charge < -0.3 is 4.74 Å². The van der Waals surface area contributed by atoms with Gasteiger partial charge >= 0.3 is 0 Å². The van der Waals surface area contributed by atoms with E-state index >= 15 is 0 Å². The number of ether oxygens (including phenoxy) is 1. The van der Waals surface area contributed by atoms with Gasteiger partial charge in [-0.2, -0.15) is 0 Å². The first-order chi connectivity index (χ1) is 6.79. The zero-order valence-corrected chi connectivity index (χ0v) is 8.92. The number of halogens is 1. The van der Waals surface area contributed by atoms with Crippen molar-refractivity contribution in [3.05, 3.63) is 22.7 Å². The van der Waals surface area contributed by atoms with Gasteiger partial charge in [-0.1, -0.05) is 18.0 Å². The van der Waals surface area contributed by atoms with Crippen molar-refractivity contribution in [3.8, 4) is 0 Å². The second kappa shape index (κ2) is 4.24. The summed E-state index contributed by atoms with van der Waals surface area (Å²) in [5.74, 6) is 1.40. The molecular weight excluding hydrogens is 200 g/mol. The van der Waals surface area contributed by atoms with Gasteiger partial charge in [0.05, 0.1) is 12.3 Å². The van der Waals surface area contributed by atoms with Crippen LogP contribution in [-0.4, -0.2) is 17.1 Å². The van der Waals surface area contributed by atoms with E-state index in [9.17, 15) is 0 Å². The number of aromatic nitrogens is 2. The van der Waals surface area contributed by atoms with Crippen LogP contribution in [0.5, 0.6) is 0 Å². The zero-order chi connectivity index (χ0) is 9.97. The summed E-state index contributed by atoms with van der Waals surface area (Å²) in [7, 11) is 1.65. The molecular formula is C10H13ClN2O. The van der Waals surface area contributed by atoms with Crippen LogP contribution in [0.2, 0.25) is 5.15 Å². The van der Waals surface area contributed by atoms with Crippen molar-refractivity contribution in [2.45, 2.75) is 31.8 Å². The van der Waals surface area contributed by atoms with Gasteiger partial charge in [0, 0.05) is 13.0 Å². The number of hydrogen-bond acceptors (Lipinski definition) is 3. The van der Waals surface area contributed by atoms with Crippen molar-refractivity contribution in [1.29, 1.82) is 0 Å². The van der Waals surface area contributed by atoms with Crippen molar-refractivity contribution in [1.82, 2.24) is 9.97 Å². The highest BCUT2D eigenvalue weighted by atomic mass is 35.5. The minimum atomic E-state index is 0.502. The van der Waals surface area contributed by atoms with Crippen LogP contribution in [0.3, 0.4) is 0 Å². The third kappa shape index (κ3) is 2.04. The third-order valence-electron chi connectivity index (χ3n) is 2.53. The van der Waals surface area contributed by atoms with Gasteiger partial charge in [0.25, 0.3) is 0 Å². The predicted octanol–water partition coefficient (Wildman–Crippen LogP) is 2.54. The lowest BCUT2D eigenvalue weighted by Crippen LogP contribution is -2.13. The maximum Gasteiger partial charge on any atom is 0.133 e. The van der Waals surface area contributed by atoms with Crippen molar-refractivity contribution in [2.24, 2.45) is 0 Å². The maximum absolute atomic E-state index is 5.90. The van der Waals surface area contributed by atoms with E-state index in [2.05, 4.69) is 9.97 Å². The van der Waals surface area contributed by atoms with Gasteiger partial charge in [-0.05, 0) is 18.9 Å². The average Bonchev–Trinajstić information content (AvgIpc) is 1.99. The molecule has 3 nitrogen and oxygen atoms in total. The van der Waals surface area contributed by atoms with E-state index in [0.29, 0.717) is 17.7 Å². The Morgan fingerprint density at radius 3 is 2.86 bits per heavy atom.